The number of benzene rings is 2. The van der Waals surface area contributed by atoms with Crippen LogP contribution in [0.1, 0.15) is 50.2 Å². The Hall–Kier alpha value is -3.65. The predicted molar refractivity (Wildman–Crippen MR) is 130 cm³/mol. The summed E-state index contributed by atoms with van der Waals surface area (Å²) in [6, 6.07) is 11.2. The van der Waals surface area contributed by atoms with Gasteiger partial charge in [0.25, 0.3) is 11.8 Å². The van der Waals surface area contributed by atoms with E-state index in [9.17, 15) is 22.8 Å². The summed E-state index contributed by atoms with van der Waals surface area (Å²) in [7, 11) is 0. The molecule has 1 aliphatic rings. The summed E-state index contributed by atoms with van der Waals surface area (Å²) >= 11 is 6.15. The highest BCUT2D eigenvalue weighted by atomic mass is 35.5. The van der Waals surface area contributed by atoms with Crippen molar-refractivity contribution in [2.24, 2.45) is 0 Å². The number of allylic oxidation sites excluding steroid dienone is 1. The second-order valence-electron chi connectivity index (χ2n) is 8.21. The molecule has 180 valence electrons. The second kappa shape index (κ2) is 9.54. The van der Waals surface area contributed by atoms with Gasteiger partial charge in [0.05, 0.1) is 22.4 Å². The van der Waals surface area contributed by atoms with Crippen LogP contribution in [0.15, 0.2) is 61.3 Å². The highest BCUT2D eigenvalue weighted by Gasteiger charge is 2.35. The van der Waals surface area contributed by atoms with E-state index in [0.29, 0.717) is 28.4 Å². The van der Waals surface area contributed by atoms with Gasteiger partial charge in [0.1, 0.15) is 5.82 Å². The van der Waals surface area contributed by atoms with Crippen molar-refractivity contribution < 1.29 is 22.8 Å². The number of amides is 2. The first-order valence-electron chi connectivity index (χ1n) is 10.8. The first-order chi connectivity index (χ1) is 16.6. The fourth-order valence-corrected chi connectivity index (χ4v) is 4.22. The lowest BCUT2D eigenvalue weighted by Gasteiger charge is -2.24. The Labute approximate surface area is 205 Å². The van der Waals surface area contributed by atoms with E-state index in [1.165, 1.54) is 24.4 Å². The summed E-state index contributed by atoms with van der Waals surface area (Å²) in [5, 5.41) is 2.94. The average Bonchev–Trinajstić information content (AvgIpc) is 2.97. The SMILES string of the molecule is C=C1CCCN(C(=O)c2cnc(NC(=O)c3ccccc3C(F)(F)F)cc2C)c2ccc(Cl)cc21. The summed E-state index contributed by atoms with van der Waals surface area (Å²) in [5.74, 6) is -1.19. The summed E-state index contributed by atoms with van der Waals surface area (Å²) in [6.07, 6.45) is -1.92. The van der Waals surface area contributed by atoms with Crippen molar-refractivity contribution in [2.45, 2.75) is 25.9 Å². The lowest BCUT2D eigenvalue weighted by atomic mass is 10.0. The van der Waals surface area contributed by atoms with Crippen LogP contribution in [-0.2, 0) is 6.18 Å². The molecule has 3 aromatic rings. The van der Waals surface area contributed by atoms with Gasteiger partial charge in [-0.3, -0.25) is 9.59 Å². The second-order valence-corrected chi connectivity index (χ2v) is 8.64. The van der Waals surface area contributed by atoms with E-state index in [4.69, 9.17) is 11.6 Å². The Morgan fingerprint density at radius 3 is 2.57 bits per heavy atom. The third-order valence-electron chi connectivity index (χ3n) is 5.80. The number of aromatic nitrogens is 1. The number of aryl methyl sites for hydroxylation is 1. The minimum atomic E-state index is -4.67. The molecule has 9 heteroatoms. The molecule has 0 fully saturated rings. The molecular formula is C26H21ClF3N3O2. The molecule has 0 unspecified atom stereocenters. The molecule has 1 N–H and O–H groups in total. The van der Waals surface area contributed by atoms with Crippen molar-refractivity contribution >= 4 is 40.5 Å². The number of anilines is 2. The Morgan fingerprint density at radius 1 is 1.11 bits per heavy atom. The Bertz CT molecular complexity index is 1340. The van der Waals surface area contributed by atoms with Crippen LogP contribution in [0.3, 0.4) is 0 Å². The van der Waals surface area contributed by atoms with E-state index in [2.05, 4.69) is 16.9 Å². The molecule has 2 aromatic carbocycles. The highest BCUT2D eigenvalue weighted by molar-refractivity contribution is 6.31. The van der Waals surface area contributed by atoms with Crippen molar-refractivity contribution in [3.63, 3.8) is 0 Å². The maximum absolute atomic E-state index is 13.4. The average molecular weight is 500 g/mol. The fraction of sp³-hybridized carbons (Fsp3) is 0.192. The highest BCUT2D eigenvalue weighted by Crippen LogP contribution is 2.36. The van der Waals surface area contributed by atoms with E-state index in [0.717, 1.165) is 36.1 Å². The van der Waals surface area contributed by atoms with Crippen LogP contribution in [0.2, 0.25) is 5.02 Å². The van der Waals surface area contributed by atoms with Gasteiger partial charge in [0.2, 0.25) is 0 Å². The first kappa shape index (κ1) is 24.5. The summed E-state index contributed by atoms with van der Waals surface area (Å²) in [6.45, 7) is 6.25. The molecule has 0 bridgehead atoms. The van der Waals surface area contributed by atoms with Gasteiger partial charge in [0.15, 0.2) is 0 Å². The number of hydrogen-bond acceptors (Lipinski definition) is 3. The van der Waals surface area contributed by atoms with Gasteiger partial charge < -0.3 is 10.2 Å². The van der Waals surface area contributed by atoms with Crippen molar-refractivity contribution in [1.82, 2.24) is 4.98 Å². The normalized spacial score (nSPS) is 13.7. The van der Waals surface area contributed by atoms with E-state index in [1.807, 2.05) is 0 Å². The van der Waals surface area contributed by atoms with Gasteiger partial charge >= 0.3 is 6.18 Å². The Morgan fingerprint density at radius 2 is 1.86 bits per heavy atom. The predicted octanol–water partition coefficient (Wildman–Crippen LogP) is 6.77. The molecule has 0 spiro atoms. The number of fused-ring (bicyclic) bond motifs is 1. The zero-order valence-electron chi connectivity index (χ0n) is 18.7. The molecule has 4 rings (SSSR count). The van der Waals surface area contributed by atoms with E-state index in [1.54, 1.807) is 30.0 Å². The van der Waals surface area contributed by atoms with Gasteiger partial charge in [-0.2, -0.15) is 13.2 Å². The molecule has 35 heavy (non-hydrogen) atoms. The Balaban J connectivity index is 1.60. The smallest absolute Gasteiger partial charge is 0.308 e. The van der Waals surface area contributed by atoms with Crippen LogP contribution in [0, 0.1) is 6.92 Å². The van der Waals surface area contributed by atoms with E-state index >= 15 is 0 Å². The van der Waals surface area contributed by atoms with Crippen molar-refractivity contribution in [3.05, 3.63) is 94.1 Å². The monoisotopic (exact) mass is 499 g/mol. The number of alkyl halides is 3. The Kier molecular flexibility index (Phi) is 6.67. The minimum absolute atomic E-state index is 0.0393. The number of nitrogens with one attached hydrogen (secondary N) is 1. The lowest BCUT2D eigenvalue weighted by Crippen LogP contribution is -2.32. The van der Waals surface area contributed by atoms with E-state index in [-0.39, 0.29) is 11.7 Å². The van der Waals surface area contributed by atoms with Gasteiger partial charge in [-0.1, -0.05) is 30.3 Å². The van der Waals surface area contributed by atoms with E-state index < -0.39 is 23.2 Å². The maximum atomic E-state index is 13.4. The van der Waals surface area contributed by atoms with Crippen LogP contribution in [0.4, 0.5) is 24.7 Å². The molecule has 1 aliphatic heterocycles. The molecule has 0 atom stereocenters. The zero-order chi connectivity index (χ0) is 25.3. The fourth-order valence-electron chi connectivity index (χ4n) is 4.05. The number of rotatable bonds is 3. The van der Waals surface area contributed by atoms with Crippen molar-refractivity contribution in [2.75, 3.05) is 16.8 Å². The maximum Gasteiger partial charge on any atom is 0.417 e. The quantitative estimate of drug-likeness (QED) is 0.432. The molecule has 0 aliphatic carbocycles. The molecule has 0 saturated carbocycles. The first-order valence-corrected chi connectivity index (χ1v) is 11.2. The summed E-state index contributed by atoms with van der Waals surface area (Å²) in [4.78, 5) is 31.8. The molecule has 0 saturated heterocycles. The number of nitrogens with zero attached hydrogens (tertiary/aromatic N) is 2. The third-order valence-corrected chi connectivity index (χ3v) is 6.03. The lowest BCUT2D eigenvalue weighted by molar-refractivity contribution is -0.137. The molecule has 1 aromatic heterocycles. The third kappa shape index (κ3) is 5.07. The number of hydrogen-bond donors (Lipinski definition) is 1. The number of carbonyl (C=O) groups excluding carboxylic acids is 2. The van der Waals surface area contributed by atoms with Crippen LogP contribution in [-0.4, -0.2) is 23.3 Å². The van der Waals surface area contributed by atoms with Crippen molar-refractivity contribution in [1.29, 1.82) is 0 Å². The molecular weight excluding hydrogens is 479 g/mol. The summed E-state index contributed by atoms with van der Waals surface area (Å²) < 4.78 is 39.8. The molecule has 0 radical (unpaired) electrons. The van der Waals surface area contributed by atoms with Gasteiger partial charge in [-0.25, -0.2) is 4.98 Å². The van der Waals surface area contributed by atoms with Crippen LogP contribution in [0.25, 0.3) is 5.57 Å². The zero-order valence-corrected chi connectivity index (χ0v) is 19.5. The van der Waals surface area contributed by atoms with Crippen LogP contribution < -0.4 is 10.2 Å². The van der Waals surface area contributed by atoms with Crippen molar-refractivity contribution in [3.8, 4) is 0 Å². The molecule has 5 nitrogen and oxygen atoms in total. The minimum Gasteiger partial charge on any atom is -0.308 e. The number of carbonyl (C=O) groups is 2. The summed E-state index contributed by atoms with van der Waals surface area (Å²) in [5.41, 5.74) is 1.67. The number of halogens is 4. The standard InChI is InChI=1S/C26H21ClF3N3O2/c1-15-6-5-11-33(22-10-9-17(27)13-19(15)22)25(35)20-14-31-23(12-16(20)2)32-24(34)18-7-3-4-8-21(18)26(28,29)30/h3-4,7-10,12-14H,1,5-6,11H2,2H3,(H,31,32,34). The van der Waals surface area contributed by atoms with Gasteiger partial charge in [0, 0.05) is 23.3 Å². The van der Waals surface area contributed by atoms with Gasteiger partial charge in [-0.05, 0) is 67.3 Å². The molecule has 2 heterocycles. The largest absolute Gasteiger partial charge is 0.417 e. The van der Waals surface area contributed by atoms with Gasteiger partial charge in [-0.15, -0.1) is 0 Å². The topological polar surface area (TPSA) is 62.3 Å². The molecule has 2 amide bonds. The van der Waals surface area contributed by atoms with Crippen LogP contribution in [0.5, 0.6) is 0 Å². The number of pyridine rings is 1. The van der Waals surface area contributed by atoms with Crippen LogP contribution >= 0.6 is 11.6 Å².